The summed E-state index contributed by atoms with van der Waals surface area (Å²) < 4.78 is 0. The Morgan fingerprint density at radius 2 is 2.05 bits per heavy atom. The van der Waals surface area contributed by atoms with Crippen LogP contribution in [0.15, 0.2) is 12.7 Å². The zero-order chi connectivity index (χ0) is 14.4. The van der Waals surface area contributed by atoms with Crippen molar-refractivity contribution >= 4 is 17.0 Å². The number of H-pyrrole nitrogens is 1. The summed E-state index contributed by atoms with van der Waals surface area (Å²) in [6, 6.07) is 0.381. The molecule has 0 saturated carbocycles. The standard InChI is InChI=1S/C14H24N6/c1-4-20(5-2)8-6-7-11(3)19-14-12-13(16-9-15-12)17-10-18-14/h9-11H,4-8H2,1-3H3,(H2,15,16,17,18,19). The first-order valence-electron chi connectivity index (χ1n) is 7.37. The molecule has 1 atom stereocenters. The van der Waals surface area contributed by atoms with Crippen LogP contribution in [0.5, 0.6) is 0 Å². The largest absolute Gasteiger partial charge is 0.366 e. The molecule has 0 aromatic carbocycles. The van der Waals surface area contributed by atoms with Gasteiger partial charge < -0.3 is 15.2 Å². The molecule has 0 aliphatic carbocycles. The van der Waals surface area contributed by atoms with E-state index in [0.717, 1.165) is 37.4 Å². The Labute approximate surface area is 120 Å². The summed E-state index contributed by atoms with van der Waals surface area (Å²) in [6.45, 7) is 10.0. The van der Waals surface area contributed by atoms with Crippen LogP contribution in [0.1, 0.15) is 33.6 Å². The molecule has 2 N–H and O–H groups in total. The van der Waals surface area contributed by atoms with Crippen molar-refractivity contribution in [2.45, 2.75) is 39.7 Å². The Hall–Kier alpha value is -1.69. The van der Waals surface area contributed by atoms with Gasteiger partial charge in [-0.1, -0.05) is 13.8 Å². The molecule has 0 aliphatic heterocycles. The predicted molar refractivity (Wildman–Crippen MR) is 81.8 cm³/mol. The molecule has 2 aromatic heterocycles. The number of aromatic nitrogens is 4. The van der Waals surface area contributed by atoms with Gasteiger partial charge in [-0.2, -0.15) is 0 Å². The summed E-state index contributed by atoms with van der Waals surface area (Å²) >= 11 is 0. The van der Waals surface area contributed by atoms with Crippen LogP contribution in [0.25, 0.3) is 11.2 Å². The predicted octanol–water partition coefficient (Wildman–Crippen LogP) is 2.28. The minimum absolute atomic E-state index is 0.381. The number of nitrogens with one attached hydrogen (secondary N) is 2. The van der Waals surface area contributed by atoms with Crippen LogP contribution in [0.4, 0.5) is 5.82 Å². The van der Waals surface area contributed by atoms with Crippen molar-refractivity contribution in [2.75, 3.05) is 25.0 Å². The lowest BCUT2D eigenvalue weighted by Crippen LogP contribution is -2.25. The van der Waals surface area contributed by atoms with Gasteiger partial charge in [0.1, 0.15) is 11.8 Å². The number of rotatable bonds is 8. The molecule has 6 nitrogen and oxygen atoms in total. The fraction of sp³-hybridized carbons (Fsp3) is 0.643. The van der Waals surface area contributed by atoms with Crippen molar-refractivity contribution in [1.82, 2.24) is 24.8 Å². The number of imidazole rings is 1. The molecule has 0 aliphatic rings. The number of anilines is 1. The van der Waals surface area contributed by atoms with Gasteiger partial charge in [0.05, 0.1) is 6.33 Å². The Kier molecular flexibility index (Phi) is 5.29. The van der Waals surface area contributed by atoms with Crippen molar-refractivity contribution in [3.63, 3.8) is 0 Å². The van der Waals surface area contributed by atoms with E-state index in [0.29, 0.717) is 11.7 Å². The molecule has 0 bridgehead atoms. The maximum absolute atomic E-state index is 4.29. The number of fused-ring (bicyclic) bond motifs is 1. The summed E-state index contributed by atoms with van der Waals surface area (Å²) in [4.78, 5) is 18.1. The zero-order valence-corrected chi connectivity index (χ0v) is 12.6. The molecule has 6 heteroatoms. The van der Waals surface area contributed by atoms with E-state index in [4.69, 9.17) is 0 Å². The van der Waals surface area contributed by atoms with Crippen molar-refractivity contribution in [3.05, 3.63) is 12.7 Å². The number of hydrogen-bond acceptors (Lipinski definition) is 5. The lowest BCUT2D eigenvalue weighted by Gasteiger charge is -2.20. The quantitative estimate of drug-likeness (QED) is 0.774. The molecule has 110 valence electrons. The topological polar surface area (TPSA) is 69.7 Å². The van der Waals surface area contributed by atoms with Crippen molar-refractivity contribution in [1.29, 1.82) is 0 Å². The summed E-state index contributed by atoms with van der Waals surface area (Å²) in [5.74, 6) is 0.836. The Morgan fingerprint density at radius 1 is 1.25 bits per heavy atom. The van der Waals surface area contributed by atoms with Gasteiger partial charge >= 0.3 is 0 Å². The van der Waals surface area contributed by atoms with Crippen LogP contribution in [0.2, 0.25) is 0 Å². The van der Waals surface area contributed by atoms with Crippen LogP contribution < -0.4 is 5.32 Å². The second kappa shape index (κ2) is 7.19. The van der Waals surface area contributed by atoms with E-state index in [1.165, 1.54) is 6.42 Å². The van der Waals surface area contributed by atoms with Crippen LogP contribution in [-0.2, 0) is 0 Å². The van der Waals surface area contributed by atoms with Gasteiger partial charge in [0.2, 0.25) is 0 Å². The van der Waals surface area contributed by atoms with Gasteiger partial charge in [-0.15, -0.1) is 0 Å². The van der Waals surface area contributed by atoms with Crippen LogP contribution in [0, 0.1) is 0 Å². The van der Waals surface area contributed by atoms with E-state index in [1.807, 2.05) is 0 Å². The summed E-state index contributed by atoms with van der Waals surface area (Å²) in [7, 11) is 0. The summed E-state index contributed by atoms with van der Waals surface area (Å²) in [5, 5.41) is 3.44. The average molecular weight is 276 g/mol. The highest BCUT2D eigenvalue weighted by Crippen LogP contribution is 2.16. The smallest absolute Gasteiger partial charge is 0.182 e. The molecule has 1 unspecified atom stereocenters. The molecule has 2 rings (SSSR count). The highest BCUT2D eigenvalue weighted by atomic mass is 15.1. The molecule has 0 amide bonds. The maximum Gasteiger partial charge on any atom is 0.182 e. The van der Waals surface area contributed by atoms with E-state index >= 15 is 0 Å². The third-order valence-corrected chi connectivity index (χ3v) is 3.61. The number of aromatic amines is 1. The van der Waals surface area contributed by atoms with Gasteiger partial charge in [-0.05, 0) is 39.4 Å². The highest BCUT2D eigenvalue weighted by Gasteiger charge is 2.09. The van der Waals surface area contributed by atoms with E-state index in [9.17, 15) is 0 Å². The van der Waals surface area contributed by atoms with Gasteiger partial charge in [0, 0.05) is 6.04 Å². The minimum atomic E-state index is 0.381. The Bertz CT molecular complexity index is 519. The molecule has 2 heterocycles. The van der Waals surface area contributed by atoms with E-state index in [-0.39, 0.29) is 0 Å². The molecule has 0 spiro atoms. The number of hydrogen-bond donors (Lipinski definition) is 2. The van der Waals surface area contributed by atoms with Crippen LogP contribution >= 0.6 is 0 Å². The van der Waals surface area contributed by atoms with Crippen LogP contribution in [0.3, 0.4) is 0 Å². The molecule has 0 radical (unpaired) electrons. The van der Waals surface area contributed by atoms with Gasteiger partial charge in [0.15, 0.2) is 11.5 Å². The monoisotopic (exact) mass is 276 g/mol. The summed E-state index contributed by atoms with van der Waals surface area (Å²) in [6.07, 6.45) is 5.51. The molecular formula is C14H24N6. The fourth-order valence-electron chi connectivity index (χ4n) is 2.34. The van der Waals surface area contributed by atoms with Crippen LogP contribution in [-0.4, -0.2) is 50.5 Å². The highest BCUT2D eigenvalue weighted by molar-refractivity contribution is 5.81. The lowest BCUT2D eigenvalue weighted by atomic mass is 10.1. The number of nitrogens with zero attached hydrogens (tertiary/aromatic N) is 4. The van der Waals surface area contributed by atoms with Gasteiger partial charge in [-0.3, -0.25) is 0 Å². The first kappa shape index (κ1) is 14.7. The van der Waals surface area contributed by atoms with Gasteiger partial charge in [-0.25, -0.2) is 15.0 Å². The first-order valence-corrected chi connectivity index (χ1v) is 7.37. The SMILES string of the molecule is CCN(CC)CCCC(C)Nc1ncnc2nc[nH]c12. The zero-order valence-electron chi connectivity index (χ0n) is 12.6. The maximum atomic E-state index is 4.29. The molecule has 20 heavy (non-hydrogen) atoms. The molecular weight excluding hydrogens is 252 g/mol. The second-order valence-corrected chi connectivity index (χ2v) is 5.04. The summed E-state index contributed by atoms with van der Waals surface area (Å²) in [5.41, 5.74) is 1.58. The average Bonchev–Trinajstić information content (AvgIpc) is 2.93. The van der Waals surface area contributed by atoms with E-state index in [2.05, 4.69) is 50.9 Å². The van der Waals surface area contributed by atoms with Crippen molar-refractivity contribution in [2.24, 2.45) is 0 Å². The van der Waals surface area contributed by atoms with Crippen molar-refractivity contribution < 1.29 is 0 Å². The normalized spacial score (nSPS) is 13.0. The molecule has 2 aromatic rings. The lowest BCUT2D eigenvalue weighted by molar-refractivity contribution is 0.295. The Balaban J connectivity index is 1.85. The van der Waals surface area contributed by atoms with E-state index in [1.54, 1.807) is 12.7 Å². The third kappa shape index (κ3) is 3.66. The Morgan fingerprint density at radius 3 is 2.80 bits per heavy atom. The first-order chi connectivity index (χ1) is 9.74. The van der Waals surface area contributed by atoms with E-state index < -0.39 is 0 Å². The van der Waals surface area contributed by atoms with Gasteiger partial charge in [0.25, 0.3) is 0 Å². The second-order valence-electron chi connectivity index (χ2n) is 5.04. The van der Waals surface area contributed by atoms with Crippen molar-refractivity contribution in [3.8, 4) is 0 Å². The third-order valence-electron chi connectivity index (χ3n) is 3.61. The molecule has 0 saturated heterocycles. The minimum Gasteiger partial charge on any atom is -0.366 e. The molecule has 0 fully saturated rings. The fourth-order valence-corrected chi connectivity index (χ4v) is 2.34.